The summed E-state index contributed by atoms with van der Waals surface area (Å²) < 4.78 is 1.89. The van der Waals surface area contributed by atoms with Crippen LogP contribution in [0.25, 0.3) is 6.08 Å². The van der Waals surface area contributed by atoms with Crippen molar-refractivity contribution in [1.29, 1.82) is 0 Å². The number of amides is 1. The van der Waals surface area contributed by atoms with Gasteiger partial charge in [-0.3, -0.25) is 14.4 Å². The summed E-state index contributed by atoms with van der Waals surface area (Å²) in [7, 11) is 0. The Balaban J connectivity index is 1.94. The van der Waals surface area contributed by atoms with Gasteiger partial charge in [0.15, 0.2) is 5.11 Å². The molecule has 22 heavy (non-hydrogen) atoms. The quantitative estimate of drug-likeness (QED) is 0.699. The van der Waals surface area contributed by atoms with Crippen molar-refractivity contribution >= 4 is 35.0 Å². The zero-order valence-corrected chi connectivity index (χ0v) is 13.2. The monoisotopic (exact) mass is 312 g/mol. The lowest BCUT2D eigenvalue weighted by molar-refractivity contribution is -0.113. The number of carbonyl (C=O) groups excluding carboxylic acids is 1. The molecule has 1 fully saturated rings. The third-order valence-electron chi connectivity index (χ3n) is 3.63. The van der Waals surface area contributed by atoms with Crippen LogP contribution in [0.1, 0.15) is 18.2 Å². The lowest BCUT2D eigenvalue weighted by Gasteiger charge is -2.13. The molecule has 0 bridgehead atoms. The molecule has 0 unspecified atom stereocenters. The van der Waals surface area contributed by atoms with E-state index in [0.29, 0.717) is 10.8 Å². The Kier molecular flexibility index (Phi) is 3.77. The fourth-order valence-corrected chi connectivity index (χ4v) is 2.72. The maximum atomic E-state index is 12.6. The molecule has 2 aromatic rings. The van der Waals surface area contributed by atoms with E-state index in [1.54, 1.807) is 12.3 Å². The molecule has 1 saturated heterocycles. The summed E-state index contributed by atoms with van der Waals surface area (Å²) >= 11 is 5.29. The van der Waals surface area contributed by atoms with Gasteiger partial charge in [-0.25, -0.2) is 0 Å². The average molecular weight is 312 g/mol. The topological polar surface area (TPSA) is 50.2 Å². The predicted molar refractivity (Wildman–Crippen MR) is 90.3 cm³/mol. The summed E-state index contributed by atoms with van der Waals surface area (Å²) in [6.45, 7) is 4.81. The minimum atomic E-state index is -0.153. The van der Waals surface area contributed by atoms with Crippen molar-refractivity contribution in [2.24, 2.45) is 0 Å². The molecule has 1 amide bonds. The molecule has 0 radical (unpaired) electrons. The first-order valence-electron chi connectivity index (χ1n) is 7.06. The molecule has 112 valence electrons. The van der Waals surface area contributed by atoms with Gasteiger partial charge in [0.2, 0.25) is 0 Å². The SMILES string of the molecule is CCn1ncc(/C=C2/NC(=S)N(c3ccccc3)C2=O)c1C. The molecule has 1 N–H and O–H groups in total. The fourth-order valence-electron chi connectivity index (χ4n) is 2.42. The Labute approximate surface area is 134 Å². The van der Waals surface area contributed by atoms with E-state index in [1.807, 2.05) is 48.9 Å². The lowest BCUT2D eigenvalue weighted by atomic mass is 10.2. The van der Waals surface area contributed by atoms with Crippen molar-refractivity contribution in [2.45, 2.75) is 20.4 Å². The van der Waals surface area contributed by atoms with Crippen LogP contribution in [0.5, 0.6) is 0 Å². The molecule has 2 heterocycles. The minimum absolute atomic E-state index is 0.153. The summed E-state index contributed by atoms with van der Waals surface area (Å²) in [6.07, 6.45) is 3.56. The van der Waals surface area contributed by atoms with Gasteiger partial charge in [-0.2, -0.15) is 5.10 Å². The number of para-hydroxylation sites is 1. The van der Waals surface area contributed by atoms with Crippen LogP contribution in [-0.4, -0.2) is 20.8 Å². The molecule has 1 aromatic carbocycles. The summed E-state index contributed by atoms with van der Waals surface area (Å²) in [5.74, 6) is -0.153. The molecule has 5 nitrogen and oxygen atoms in total. The van der Waals surface area contributed by atoms with Gasteiger partial charge in [0, 0.05) is 17.8 Å². The number of hydrogen-bond acceptors (Lipinski definition) is 3. The second kappa shape index (κ2) is 5.73. The number of thiocarbonyl (C=S) groups is 1. The molecule has 0 atom stereocenters. The highest BCUT2D eigenvalue weighted by Crippen LogP contribution is 2.22. The number of hydrogen-bond donors (Lipinski definition) is 1. The highest BCUT2D eigenvalue weighted by molar-refractivity contribution is 7.80. The van der Waals surface area contributed by atoms with Crippen molar-refractivity contribution < 1.29 is 4.79 Å². The van der Waals surface area contributed by atoms with Crippen LogP contribution in [0.15, 0.2) is 42.2 Å². The van der Waals surface area contributed by atoms with Crippen LogP contribution < -0.4 is 10.2 Å². The Morgan fingerprint density at radius 3 is 2.68 bits per heavy atom. The smallest absolute Gasteiger partial charge is 0.281 e. The van der Waals surface area contributed by atoms with E-state index in [-0.39, 0.29) is 5.91 Å². The molecule has 0 aliphatic carbocycles. The van der Waals surface area contributed by atoms with Crippen LogP contribution in [0.4, 0.5) is 5.69 Å². The predicted octanol–water partition coefficient (Wildman–Crippen LogP) is 2.47. The van der Waals surface area contributed by atoms with Crippen molar-refractivity contribution in [3.8, 4) is 0 Å². The minimum Gasteiger partial charge on any atom is -0.327 e. The number of aryl methyl sites for hydroxylation is 1. The summed E-state index contributed by atoms with van der Waals surface area (Å²) in [5.41, 5.74) is 3.16. The van der Waals surface area contributed by atoms with Gasteiger partial charge >= 0.3 is 0 Å². The van der Waals surface area contributed by atoms with Gasteiger partial charge < -0.3 is 5.32 Å². The maximum absolute atomic E-state index is 12.6. The third-order valence-corrected chi connectivity index (χ3v) is 3.92. The highest BCUT2D eigenvalue weighted by Gasteiger charge is 2.31. The zero-order chi connectivity index (χ0) is 15.7. The molecule has 6 heteroatoms. The molecule has 1 aliphatic heterocycles. The van der Waals surface area contributed by atoms with Crippen molar-refractivity contribution in [2.75, 3.05) is 4.90 Å². The van der Waals surface area contributed by atoms with E-state index in [4.69, 9.17) is 12.2 Å². The number of benzene rings is 1. The number of nitrogens with one attached hydrogen (secondary N) is 1. The molecular formula is C16H16N4OS. The molecule has 0 saturated carbocycles. The molecular weight excluding hydrogens is 296 g/mol. The lowest BCUT2D eigenvalue weighted by Crippen LogP contribution is -2.30. The van der Waals surface area contributed by atoms with Crippen molar-refractivity contribution in [3.63, 3.8) is 0 Å². The standard InChI is InChI=1S/C16H16N4OS/c1-3-19-11(2)12(10-17-19)9-14-15(21)20(16(22)18-14)13-7-5-4-6-8-13/h4-10H,3H2,1-2H3,(H,18,22)/b14-9+. The Hall–Kier alpha value is -2.47. The van der Waals surface area contributed by atoms with Gasteiger partial charge in [-0.15, -0.1) is 0 Å². The second-order valence-corrected chi connectivity index (χ2v) is 5.35. The molecule has 1 aliphatic rings. The Bertz CT molecular complexity index is 764. The summed E-state index contributed by atoms with van der Waals surface area (Å²) in [4.78, 5) is 14.1. The molecule has 0 spiro atoms. The fraction of sp³-hybridized carbons (Fsp3) is 0.188. The number of nitrogens with zero attached hydrogens (tertiary/aromatic N) is 3. The van der Waals surface area contributed by atoms with Crippen molar-refractivity contribution in [1.82, 2.24) is 15.1 Å². The number of carbonyl (C=O) groups is 1. The van der Waals surface area contributed by atoms with Crippen LogP contribution in [-0.2, 0) is 11.3 Å². The number of aromatic nitrogens is 2. The molecule has 3 rings (SSSR count). The average Bonchev–Trinajstić information content (AvgIpc) is 3.01. The van der Waals surface area contributed by atoms with Gasteiger partial charge in [0.1, 0.15) is 5.70 Å². The van der Waals surface area contributed by atoms with Gasteiger partial charge in [0.05, 0.1) is 11.9 Å². The van der Waals surface area contributed by atoms with E-state index < -0.39 is 0 Å². The van der Waals surface area contributed by atoms with E-state index >= 15 is 0 Å². The maximum Gasteiger partial charge on any atom is 0.281 e. The van der Waals surface area contributed by atoms with Gasteiger partial charge in [-0.1, -0.05) is 18.2 Å². The normalized spacial score (nSPS) is 16.5. The third kappa shape index (κ3) is 2.42. The highest BCUT2D eigenvalue weighted by atomic mass is 32.1. The van der Waals surface area contributed by atoms with Crippen LogP contribution >= 0.6 is 12.2 Å². The Morgan fingerprint density at radius 1 is 1.32 bits per heavy atom. The van der Waals surface area contributed by atoms with E-state index in [0.717, 1.165) is 23.5 Å². The number of anilines is 1. The zero-order valence-electron chi connectivity index (χ0n) is 12.4. The van der Waals surface area contributed by atoms with E-state index in [9.17, 15) is 4.79 Å². The van der Waals surface area contributed by atoms with E-state index in [1.165, 1.54) is 4.90 Å². The van der Waals surface area contributed by atoms with Crippen LogP contribution in [0, 0.1) is 6.92 Å². The summed E-state index contributed by atoms with van der Waals surface area (Å²) in [6, 6.07) is 9.37. The number of rotatable bonds is 3. The Morgan fingerprint density at radius 2 is 2.05 bits per heavy atom. The van der Waals surface area contributed by atoms with Crippen molar-refractivity contribution in [3.05, 3.63) is 53.5 Å². The first-order chi connectivity index (χ1) is 10.6. The second-order valence-electron chi connectivity index (χ2n) is 4.97. The van der Waals surface area contributed by atoms with Gasteiger partial charge in [-0.05, 0) is 44.3 Å². The van der Waals surface area contributed by atoms with Crippen LogP contribution in [0.2, 0.25) is 0 Å². The van der Waals surface area contributed by atoms with Crippen LogP contribution in [0.3, 0.4) is 0 Å². The summed E-state index contributed by atoms with van der Waals surface area (Å²) in [5, 5.41) is 7.66. The largest absolute Gasteiger partial charge is 0.327 e. The molecule has 1 aromatic heterocycles. The first kappa shape index (κ1) is 14.5. The van der Waals surface area contributed by atoms with Gasteiger partial charge in [0.25, 0.3) is 5.91 Å². The van der Waals surface area contributed by atoms with E-state index in [2.05, 4.69) is 10.4 Å². The first-order valence-corrected chi connectivity index (χ1v) is 7.47.